The molecule has 1 heterocycles. The highest BCUT2D eigenvalue weighted by atomic mass is 16.5. The molecule has 1 aromatic rings. The Morgan fingerprint density at radius 1 is 1.64 bits per heavy atom. The molecule has 1 rings (SSSR count). The van der Waals surface area contributed by atoms with Gasteiger partial charge in [-0.3, -0.25) is 0 Å². The number of rotatable bonds is 4. The summed E-state index contributed by atoms with van der Waals surface area (Å²) in [7, 11) is 1.47. The fourth-order valence-electron chi connectivity index (χ4n) is 0.970. The van der Waals surface area contributed by atoms with Gasteiger partial charge in [0.1, 0.15) is 0 Å². The fourth-order valence-corrected chi connectivity index (χ4v) is 0.970. The van der Waals surface area contributed by atoms with Crippen molar-refractivity contribution in [2.45, 2.75) is 12.5 Å². The summed E-state index contributed by atoms with van der Waals surface area (Å²) in [5, 5.41) is 17.5. The number of carboxylic acid groups (broad SMARTS) is 1. The van der Waals surface area contributed by atoms with Crippen molar-refractivity contribution in [3.8, 4) is 5.88 Å². The molecule has 0 radical (unpaired) electrons. The van der Waals surface area contributed by atoms with E-state index in [2.05, 4.69) is 4.98 Å². The fraction of sp³-hybridized carbons (Fsp3) is 0.333. The van der Waals surface area contributed by atoms with E-state index >= 15 is 0 Å². The molecule has 0 aliphatic rings. The van der Waals surface area contributed by atoms with Gasteiger partial charge in [0.05, 0.1) is 7.11 Å². The summed E-state index contributed by atoms with van der Waals surface area (Å²) >= 11 is 0. The van der Waals surface area contributed by atoms with Gasteiger partial charge in [0.2, 0.25) is 5.88 Å². The number of hydrogen-bond donors (Lipinski definition) is 2. The molecule has 5 heteroatoms. The van der Waals surface area contributed by atoms with Gasteiger partial charge in [-0.1, -0.05) is 6.07 Å². The predicted octanol–water partition coefficient (Wildman–Crippen LogP) is 0.0782. The van der Waals surface area contributed by atoms with Crippen molar-refractivity contribution in [2.24, 2.45) is 0 Å². The van der Waals surface area contributed by atoms with Crippen LogP contribution in [0.3, 0.4) is 0 Å². The van der Waals surface area contributed by atoms with E-state index in [1.807, 2.05) is 0 Å². The third kappa shape index (κ3) is 2.70. The minimum Gasteiger partial charge on any atom is -0.481 e. The highest BCUT2D eigenvalue weighted by Gasteiger charge is 2.14. The highest BCUT2D eigenvalue weighted by Crippen LogP contribution is 2.08. The van der Waals surface area contributed by atoms with Gasteiger partial charge in [0.15, 0.2) is 6.10 Å². The van der Waals surface area contributed by atoms with Gasteiger partial charge >= 0.3 is 5.97 Å². The van der Waals surface area contributed by atoms with Gasteiger partial charge in [-0.05, 0) is 6.07 Å². The highest BCUT2D eigenvalue weighted by molar-refractivity contribution is 5.72. The maximum Gasteiger partial charge on any atom is 0.332 e. The summed E-state index contributed by atoms with van der Waals surface area (Å²) in [4.78, 5) is 14.3. The quantitative estimate of drug-likeness (QED) is 0.714. The summed E-state index contributed by atoms with van der Waals surface area (Å²) in [6, 6.07) is 4.97. The van der Waals surface area contributed by atoms with E-state index in [4.69, 9.17) is 14.9 Å². The molecule has 0 amide bonds. The number of methoxy groups -OCH3 is 1. The second-order valence-corrected chi connectivity index (χ2v) is 2.73. The Morgan fingerprint density at radius 2 is 2.36 bits per heavy atom. The monoisotopic (exact) mass is 197 g/mol. The van der Waals surface area contributed by atoms with Crippen LogP contribution in [0.1, 0.15) is 5.69 Å². The second-order valence-electron chi connectivity index (χ2n) is 2.73. The topological polar surface area (TPSA) is 79.7 Å². The molecule has 14 heavy (non-hydrogen) atoms. The first-order valence-electron chi connectivity index (χ1n) is 4.04. The largest absolute Gasteiger partial charge is 0.481 e. The normalized spacial score (nSPS) is 12.1. The van der Waals surface area contributed by atoms with Crippen LogP contribution < -0.4 is 4.74 Å². The molecule has 0 saturated carbocycles. The van der Waals surface area contributed by atoms with Gasteiger partial charge in [0.25, 0.3) is 0 Å². The van der Waals surface area contributed by atoms with E-state index in [-0.39, 0.29) is 6.42 Å². The summed E-state index contributed by atoms with van der Waals surface area (Å²) in [5.74, 6) is -0.852. The van der Waals surface area contributed by atoms with Crippen molar-refractivity contribution < 1.29 is 19.7 Å². The molecule has 1 aromatic heterocycles. The van der Waals surface area contributed by atoms with Crippen molar-refractivity contribution in [2.75, 3.05) is 7.11 Å². The number of ether oxygens (including phenoxy) is 1. The molecule has 0 aliphatic carbocycles. The molecular weight excluding hydrogens is 186 g/mol. The Kier molecular flexibility index (Phi) is 3.41. The van der Waals surface area contributed by atoms with Crippen LogP contribution in [-0.2, 0) is 11.2 Å². The van der Waals surface area contributed by atoms with E-state index in [0.717, 1.165) is 0 Å². The lowest BCUT2D eigenvalue weighted by Crippen LogP contribution is -2.22. The van der Waals surface area contributed by atoms with Crippen LogP contribution in [-0.4, -0.2) is 34.4 Å². The molecular formula is C9H11NO4. The summed E-state index contributed by atoms with van der Waals surface area (Å²) in [6.45, 7) is 0. The van der Waals surface area contributed by atoms with Crippen LogP contribution in [0.4, 0.5) is 0 Å². The molecule has 0 aliphatic heterocycles. The Labute approximate surface area is 81.0 Å². The number of aliphatic hydroxyl groups excluding tert-OH is 1. The molecule has 2 N–H and O–H groups in total. The zero-order valence-electron chi connectivity index (χ0n) is 7.67. The Morgan fingerprint density at radius 3 is 2.93 bits per heavy atom. The zero-order valence-corrected chi connectivity index (χ0v) is 7.67. The van der Waals surface area contributed by atoms with E-state index in [9.17, 15) is 4.79 Å². The number of hydrogen-bond acceptors (Lipinski definition) is 4. The third-order valence-electron chi connectivity index (χ3n) is 1.68. The molecule has 5 nitrogen and oxygen atoms in total. The zero-order chi connectivity index (χ0) is 10.6. The first-order chi connectivity index (χ1) is 6.63. The van der Waals surface area contributed by atoms with Crippen molar-refractivity contribution in [3.63, 3.8) is 0 Å². The van der Waals surface area contributed by atoms with Gasteiger partial charge in [-0.25, -0.2) is 9.78 Å². The Bertz CT molecular complexity index is 326. The van der Waals surface area contributed by atoms with Crippen molar-refractivity contribution in [3.05, 3.63) is 23.9 Å². The minimum atomic E-state index is -1.42. The number of carbonyl (C=O) groups is 1. The minimum absolute atomic E-state index is 0.0213. The van der Waals surface area contributed by atoms with Gasteiger partial charge < -0.3 is 14.9 Å². The average molecular weight is 197 g/mol. The smallest absolute Gasteiger partial charge is 0.332 e. The van der Waals surface area contributed by atoms with E-state index in [1.54, 1.807) is 18.2 Å². The molecule has 1 unspecified atom stereocenters. The number of aromatic nitrogens is 1. The van der Waals surface area contributed by atoms with Crippen LogP contribution in [0.2, 0.25) is 0 Å². The number of nitrogens with zero attached hydrogens (tertiary/aromatic N) is 1. The molecule has 0 saturated heterocycles. The van der Waals surface area contributed by atoms with Crippen LogP contribution in [0.15, 0.2) is 18.2 Å². The summed E-state index contributed by atoms with van der Waals surface area (Å²) in [5.41, 5.74) is 0.485. The first-order valence-corrected chi connectivity index (χ1v) is 4.04. The maximum absolute atomic E-state index is 10.3. The second kappa shape index (κ2) is 4.57. The molecule has 0 fully saturated rings. The van der Waals surface area contributed by atoms with Crippen LogP contribution in [0, 0.1) is 0 Å². The lowest BCUT2D eigenvalue weighted by molar-refractivity contribution is -0.146. The summed E-state index contributed by atoms with van der Waals surface area (Å²) in [6.07, 6.45) is -1.44. The standard InChI is InChI=1S/C9H11NO4/c1-14-8-4-2-3-6(10-8)5-7(11)9(12)13/h2-4,7,11H,5H2,1H3,(H,12,13). The maximum atomic E-state index is 10.3. The van der Waals surface area contributed by atoms with Gasteiger partial charge in [0, 0.05) is 18.2 Å². The number of pyridine rings is 1. The average Bonchev–Trinajstić information content (AvgIpc) is 2.18. The number of aliphatic hydroxyl groups is 1. The predicted molar refractivity (Wildman–Crippen MR) is 48.1 cm³/mol. The summed E-state index contributed by atoms with van der Waals surface area (Å²) < 4.78 is 4.86. The SMILES string of the molecule is COc1cccc(CC(O)C(=O)O)n1. The Balaban J connectivity index is 2.71. The molecule has 0 aromatic carbocycles. The van der Waals surface area contributed by atoms with E-state index in [1.165, 1.54) is 7.11 Å². The molecule has 1 atom stereocenters. The molecule has 76 valence electrons. The molecule has 0 bridgehead atoms. The van der Waals surface area contributed by atoms with E-state index in [0.29, 0.717) is 11.6 Å². The first kappa shape index (κ1) is 10.5. The van der Waals surface area contributed by atoms with Crippen molar-refractivity contribution in [1.29, 1.82) is 0 Å². The Hall–Kier alpha value is -1.62. The van der Waals surface area contributed by atoms with Crippen LogP contribution in [0.5, 0.6) is 5.88 Å². The van der Waals surface area contributed by atoms with Gasteiger partial charge in [-0.2, -0.15) is 0 Å². The number of carboxylic acids is 1. The van der Waals surface area contributed by atoms with Gasteiger partial charge in [-0.15, -0.1) is 0 Å². The van der Waals surface area contributed by atoms with Crippen LogP contribution in [0.25, 0.3) is 0 Å². The molecule has 0 spiro atoms. The van der Waals surface area contributed by atoms with Crippen molar-refractivity contribution >= 4 is 5.97 Å². The van der Waals surface area contributed by atoms with Crippen LogP contribution >= 0.6 is 0 Å². The number of aliphatic carboxylic acids is 1. The van der Waals surface area contributed by atoms with Crippen molar-refractivity contribution in [1.82, 2.24) is 4.98 Å². The lowest BCUT2D eigenvalue weighted by atomic mass is 10.2. The lowest BCUT2D eigenvalue weighted by Gasteiger charge is -2.05. The van der Waals surface area contributed by atoms with E-state index < -0.39 is 12.1 Å². The third-order valence-corrected chi connectivity index (χ3v) is 1.68.